The number of benzene rings is 2. The number of hydrogen-bond acceptors (Lipinski definition) is 3. The number of nitrogens with one attached hydrogen (secondary N) is 1. The summed E-state index contributed by atoms with van der Waals surface area (Å²) in [7, 11) is 1.69. The van der Waals surface area contributed by atoms with E-state index in [-0.39, 0.29) is 12.4 Å². The van der Waals surface area contributed by atoms with Crippen molar-refractivity contribution in [1.82, 2.24) is 5.32 Å². The fourth-order valence-corrected chi connectivity index (χ4v) is 3.57. The Kier molecular flexibility index (Phi) is 8.07. The van der Waals surface area contributed by atoms with E-state index in [0.29, 0.717) is 12.6 Å². The van der Waals surface area contributed by atoms with E-state index in [9.17, 15) is 0 Å². The lowest BCUT2D eigenvalue weighted by Crippen LogP contribution is -2.25. The van der Waals surface area contributed by atoms with E-state index in [1.54, 1.807) is 7.11 Å². The highest BCUT2D eigenvalue weighted by atomic mass is 79.9. The van der Waals surface area contributed by atoms with Crippen molar-refractivity contribution < 1.29 is 9.47 Å². The summed E-state index contributed by atoms with van der Waals surface area (Å²) in [4.78, 5) is 0. The van der Waals surface area contributed by atoms with Gasteiger partial charge in [0.15, 0.2) is 11.5 Å². The largest absolute Gasteiger partial charge is 0.493 e. The van der Waals surface area contributed by atoms with Crippen LogP contribution in [0.2, 0.25) is 0 Å². The fourth-order valence-electron chi connectivity index (χ4n) is 3.10. The van der Waals surface area contributed by atoms with Crippen LogP contribution in [0.4, 0.5) is 0 Å². The number of halogens is 2. The van der Waals surface area contributed by atoms with Crippen LogP contribution in [-0.4, -0.2) is 13.2 Å². The van der Waals surface area contributed by atoms with Crippen LogP contribution in [0.3, 0.4) is 0 Å². The Balaban J connectivity index is 0.00000225. The van der Waals surface area contributed by atoms with Gasteiger partial charge in [-0.05, 0) is 36.1 Å². The van der Waals surface area contributed by atoms with Gasteiger partial charge in [0.05, 0.1) is 7.11 Å². The van der Waals surface area contributed by atoms with E-state index >= 15 is 0 Å². The van der Waals surface area contributed by atoms with Crippen LogP contribution in [0.5, 0.6) is 11.5 Å². The predicted molar refractivity (Wildman–Crippen MR) is 108 cm³/mol. The molecule has 2 aromatic rings. The Morgan fingerprint density at radius 1 is 1.08 bits per heavy atom. The maximum atomic E-state index is 5.95. The zero-order valence-electron chi connectivity index (χ0n) is 14.5. The number of hydrogen-bond donors (Lipinski definition) is 1. The third-order valence-electron chi connectivity index (χ3n) is 4.51. The molecule has 0 aromatic heterocycles. The molecule has 1 aliphatic carbocycles. The molecule has 0 spiro atoms. The summed E-state index contributed by atoms with van der Waals surface area (Å²) in [5.74, 6) is 1.54. The Morgan fingerprint density at radius 3 is 2.48 bits per heavy atom. The van der Waals surface area contributed by atoms with Crippen LogP contribution >= 0.6 is 28.3 Å². The second-order valence-corrected chi connectivity index (χ2v) is 7.09. The molecular weight excluding hydrogens is 402 g/mol. The van der Waals surface area contributed by atoms with E-state index < -0.39 is 0 Å². The predicted octanol–water partition coefficient (Wildman–Crippen LogP) is 5.49. The molecule has 0 aliphatic heterocycles. The molecule has 2 aromatic carbocycles. The highest BCUT2D eigenvalue weighted by Crippen LogP contribution is 2.34. The summed E-state index contributed by atoms with van der Waals surface area (Å²) in [6, 6.07) is 14.9. The lowest BCUT2D eigenvalue weighted by molar-refractivity contribution is 0.284. The van der Waals surface area contributed by atoms with Crippen molar-refractivity contribution >= 4 is 28.3 Å². The van der Waals surface area contributed by atoms with Crippen molar-refractivity contribution in [2.45, 2.75) is 44.9 Å². The molecule has 3 rings (SSSR count). The van der Waals surface area contributed by atoms with Crippen LogP contribution in [0.15, 0.2) is 46.9 Å². The second-order valence-electron chi connectivity index (χ2n) is 6.23. The number of rotatable bonds is 7. The molecular formula is C20H25BrClNO2. The van der Waals surface area contributed by atoms with Crippen LogP contribution < -0.4 is 14.8 Å². The van der Waals surface area contributed by atoms with Crippen molar-refractivity contribution in [2.75, 3.05) is 7.11 Å². The summed E-state index contributed by atoms with van der Waals surface area (Å²) in [6.07, 6.45) is 5.25. The Hall–Kier alpha value is -1.23. The minimum Gasteiger partial charge on any atom is -0.493 e. The van der Waals surface area contributed by atoms with Crippen molar-refractivity contribution in [3.05, 3.63) is 58.1 Å². The first kappa shape index (κ1) is 20.1. The molecule has 1 fully saturated rings. The summed E-state index contributed by atoms with van der Waals surface area (Å²) in [5.41, 5.74) is 2.34. The third kappa shape index (κ3) is 5.63. The lowest BCUT2D eigenvalue weighted by atomic mass is 10.1. The first-order valence-electron chi connectivity index (χ1n) is 8.53. The Morgan fingerprint density at radius 2 is 1.80 bits per heavy atom. The quantitative estimate of drug-likeness (QED) is 0.635. The van der Waals surface area contributed by atoms with Gasteiger partial charge in [0, 0.05) is 17.1 Å². The zero-order valence-corrected chi connectivity index (χ0v) is 16.9. The molecule has 1 saturated carbocycles. The Labute approximate surface area is 164 Å². The van der Waals surface area contributed by atoms with Gasteiger partial charge in [0.2, 0.25) is 0 Å². The van der Waals surface area contributed by atoms with Crippen molar-refractivity contribution in [3.8, 4) is 11.5 Å². The van der Waals surface area contributed by atoms with Gasteiger partial charge in [0.25, 0.3) is 0 Å². The average molecular weight is 427 g/mol. The number of ether oxygens (including phenoxy) is 2. The van der Waals surface area contributed by atoms with E-state index in [2.05, 4.69) is 39.4 Å². The molecule has 1 N–H and O–H groups in total. The van der Waals surface area contributed by atoms with Gasteiger partial charge in [-0.1, -0.05) is 59.1 Å². The minimum absolute atomic E-state index is 0. The average Bonchev–Trinajstić information content (AvgIpc) is 3.13. The van der Waals surface area contributed by atoms with Crippen molar-refractivity contribution in [1.29, 1.82) is 0 Å². The molecule has 3 nitrogen and oxygen atoms in total. The molecule has 0 atom stereocenters. The molecule has 0 unspecified atom stereocenters. The molecule has 25 heavy (non-hydrogen) atoms. The van der Waals surface area contributed by atoms with Crippen LogP contribution in [-0.2, 0) is 13.2 Å². The van der Waals surface area contributed by atoms with Crippen LogP contribution in [0.1, 0.15) is 36.8 Å². The maximum absolute atomic E-state index is 5.95. The highest BCUT2D eigenvalue weighted by molar-refractivity contribution is 9.10. The Bertz CT molecular complexity index is 660. The fraction of sp³-hybridized carbons (Fsp3) is 0.400. The molecule has 136 valence electrons. The van der Waals surface area contributed by atoms with Gasteiger partial charge in [-0.3, -0.25) is 0 Å². The van der Waals surface area contributed by atoms with Crippen LogP contribution in [0, 0.1) is 0 Å². The molecule has 0 amide bonds. The second kappa shape index (κ2) is 10.0. The molecule has 0 bridgehead atoms. The smallest absolute Gasteiger partial charge is 0.162 e. The summed E-state index contributed by atoms with van der Waals surface area (Å²) >= 11 is 3.67. The van der Waals surface area contributed by atoms with E-state index in [1.807, 2.05) is 24.3 Å². The van der Waals surface area contributed by atoms with E-state index in [1.165, 1.54) is 31.2 Å². The third-order valence-corrected chi connectivity index (χ3v) is 5.24. The topological polar surface area (TPSA) is 30.5 Å². The summed E-state index contributed by atoms with van der Waals surface area (Å²) < 4.78 is 12.5. The molecule has 0 heterocycles. The monoisotopic (exact) mass is 425 g/mol. The van der Waals surface area contributed by atoms with Gasteiger partial charge in [-0.25, -0.2) is 0 Å². The van der Waals surface area contributed by atoms with E-state index in [0.717, 1.165) is 28.1 Å². The molecule has 0 saturated heterocycles. The minimum atomic E-state index is 0. The summed E-state index contributed by atoms with van der Waals surface area (Å²) in [5, 5.41) is 3.64. The normalized spacial score (nSPS) is 14.2. The SMILES string of the molecule is COc1cc(CNC2CCCC2)c(Br)cc1OCc1ccccc1.Cl. The van der Waals surface area contributed by atoms with Crippen molar-refractivity contribution in [3.63, 3.8) is 0 Å². The van der Waals surface area contributed by atoms with E-state index in [4.69, 9.17) is 9.47 Å². The maximum Gasteiger partial charge on any atom is 0.162 e. The zero-order chi connectivity index (χ0) is 16.8. The molecule has 5 heteroatoms. The van der Waals surface area contributed by atoms with Gasteiger partial charge in [-0.2, -0.15) is 0 Å². The summed E-state index contributed by atoms with van der Waals surface area (Å²) in [6.45, 7) is 1.38. The molecule has 1 aliphatic rings. The highest BCUT2D eigenvalue weighted by Gasteiger charge is 2.16. The number of methoxy groups -OCH3 is 1. The van der Waals surface area contributed by atoms with Gasteiger partial charge >= 0.3 is 0 Å². The van der Waals surface area contributed by atoms with Gasteiger partial charge < -0.3 is 14.8 Å². The van der Waals surface area contributed by atoms with Crippen molar-refractivity contribution in [2.24, 2.45) is 0 Å². The van der Waals surface area contributed by atoms with Gasteiger partial charge in [-0.15, -0.1) is 12.4 Å². The first-order valence-corrected chi connectivity index (χ1v) is 9.32. The van der Waals surface area contributed by atoms with Gasteiger partial charge in [0.1, 0.15) is 6.61 Å². The molecule has 0 radical (unpaired) electrons. The van der Waals surface area contributed by atoms with Crippen LogP contribution in [0.25, 0.3) is 0 Å². The lowest BCUT2D eigenvalue weighted by Gasteiger charge is -2.16. The first-order chi connectivity index (χ1) is 11.8. The standard InChI is InChI=1S/C20H24BrNO2.ClH/c1-23-19-11-16(13-22-17-9-5-6-10-17)18(21)12-20(19)24-14-15-7-3-2-4-8-15;/h2-4,7-8,11-12,17,22H,5-6,9-10,13-14H2,1H3;1H.